The van der Waals surface area contributed by atoms with Gasteiger partial charge in [-0.05, 0) is 82.0 Å². The van der Waals surface area contributed by atoms with Gasteiger partial charge in [0.1, 0.15) is 12.3 Å². The van der Waals surface area contributed by atoms with Gasteiger partial charge < -0.3 is 25.6 Å². The summed E-state index contributed by atoms with van der Waals surface area (Å²) in [4.78, 5) is 27.1. The first-order valence-electron chi connectivity index (χ1n) is 12.3. The van der Waals surface area contributed by atoms with E-state index in [-0.39, 0.29) is 24.0 Å². The molecule has 2 heterocycles. The van der Waals surface area contributed by atoms with E-state index in [2.05, 4.69) is 15.5 Å². The molecule has 2 saturated heterocycles. The molecule has 7 nitrogen and oxygen atoms in total. The van der Waals surface area contributed by atoms with E-state index in [1.807, 2.05) is 12.1 Å². The van der Waals surface area contributed by atoms with Gasteiger partial charge in [-0.15, -0.1) is 0 Å². The molecule has 0 aromatic heterocycles. The number of carbonyl (C=O) groups is 2. The second-order valence-corrected chi connectivity index (χ2v) is 10.9. The number of piperidine rings is 1. The molecule has 3 amide bonds. The van der Waals surface area contributed by atoms with Gasteiger partial charge in [0.15, 0.2) is 5.60 Å². The zero-order chi connectivity index (χ0) is 27.7. The fourth-order valence-electron chi connectivity index (χ4n) is 5.03. The summed E-state index contributed by atoms with van der Waals surface area (Å²) in [7, 11) is 0. The number of rotatable bonds is 7. The summed E-state index contributed by atoms with van der Waals surface area (Å²) in [5.41, 5.74) is 0.207. The summed E-state index contributed by atoms with van der Waals surface area (Å²) in [6, 6.07) is 11.4. The van der Waals surface area contributed by atoms with Crippen molar-refractivity contribution in [1.82, 2.24) is 10.6 Å². The molecule has 2 aliphatic heterocycles. The van der Waals surface area contributed by atoms with Crippen molar-refractivity contribution in [3.05, 3.63) is 52.5 Å². The highest BCUT2D eigenvalue weighted by molar-refractivity contribution is 6.35. The molecule has 0 aliphatic carbocycles. The average Bonchev–Trinajstić information content (AvgIpc) is 3.09. The number of anilines is 2. The van der Waals surface area contributed by atoms with E-state index >= 15 is 0 Å². The minimum atomic E-state index is -4.47. The van der Waals surface area contributed by atoms with Crippen LogP contribution in [0.25, 0.3) is 0 Å². The number of nitrogens with one attached hydrogen (secondary N) is 3. The Morgan fingerprint density at radius 3 is 2.24 bits per heavy atom. The van der Waals surface area contributed by atoms with E-state index in [1.54, 1.807) is 49.5 Å². The zero-order valence-electron chi connectivity index (χ0n) is 20.9. The maximum atomic E-state index is 13.1. The molecule has 2 aromatic rings. The van der Waals surface area contributed by atoms with Crippen LogP contribution in [0.15, 0.2) is 42.5 Å². The molecule has 12 heteroatoms. The van der Waals surface area contributed by atoms with Crippen molar-refractivity contribution in [1.29, 1.82) is 0 Å². The number of alkyl halides is 3. The predicted molar refractivity (Wildman–Crippen MR) is 141 cm³/mol. The van der Waals surface area contributed by atoms with E-state index < -0.39 is 24.4 Å². The van der Waals surface area contributed by atoms with Crippen LogP contribution in [0.5, 0.6) is 5.75 Å². The summed E-state index contributed by atoms with van der Waals surface area (Å²) in [5, 5.41) is 8.13. The lowest BCUT2D eigenvalue weighted by molar-refractivity contribution is -0.135. The van der Waals surface area contributed by atoms with Crippen molar-refractivity contribution >= 4 is 46.5 Å². The lowest BCUT2D eigenvalue weighted by Gasteiger charge is -2.41. The van der Waals surface area contributed by atoms with Gasteiger partial charge in [0.05, 0.1) is 5.02 Å². The van der Waals surface area contributed by atoms with Gasteiger partial charge in [0, 0.05) is 34.5 Å². The number of carbonyl (C=O) groups excluding carboxylic acids is 2. The first kappa shape index (κ1) is 28.2. The van der Waals surface area contributed by atoms with E-state index in [0.717, 1.165) is 31.4 Å². The van der Waals surface area contributed by atoms with Crippen molar-refractivity contribution in [2.24, 2.45) is 0 Å². The van der Waals surface area contributed by atoms with Gasteiger partial charge in [0.25, 0.3) is 5.91 Å². The molecule has 2 fully saturated rings. The maximum Gasteiger partial charge on any atom is 0.405 e. The molecule has 2 bridgehead atoms. The molecular weight excluding hydrogens is 544 g/mol. The van der Waals surface area contributed by atoms with Gasteiger partial charge in [-0.1, -0.05) is 23.2 Å². The number of hydrogen-bond donors (Lipinski definition) is 3. The van der Waals surface area contributed by atoms with Crippen LogP contribution in [0, 0.1) is 0 Å². The van der Waals surface area contributed by atoms with Gasteiger partial charge in [-0.2, -0.15) is 13.2 Å². The molecule has 3 N–H and O–H groups in total. The number of nitrogens with zero attached hydrogens (tertiary/aromatic N) is 1. The highest BCUT2D eigenvalue weighted by Crippen LogP contribution is 2.40. The Bertz CT molecular complexity index is 1160. The topological polar surface area (TPSA) is 82.7 Å². The number of benzene rings is 2. The second kappa shape index (κ2) is 11.1. The van der Waals surface area contributed by atoms with E-state index in [9.17, 15) is 22.8 Å². The minimum absolute atomic E-state index is 0.0157. The quantitative estimate of drug-likeness (QED) is 0.371. The highest BCUT2D eigenvalue weighted by Gasteiger charge is 2.42. The third-order valence-corrected chi connectivity index (χ3v) is 7.28. The van der Waals surface area contributed by atoms with Crippen LogP contribution in [-0.2, 0) is 4.79 Å². The third kappa shape index (κ3) is 6.96. The van der Waals surface area contributed by atoms with Crippen LogP contribution in [0.2, 0.25) is 10.0 Å². The van der Waals surface area contributed by atoms with Gasteiger partial charge in [-0.25, -0.2) is 4.79 Å². The number of amides is 3. The maximum absolute atomic E-state index is 13.1. The third-order valence-electron chi connectivity index (χ3n) is 6.75. The standard InChI is InChI=1S/C26H29Cl2F3N4O3/c1-25(2,38-22-10-3-15(27)11-21(22)28)23(36)33-17-12-19-8-9-20(13-17)35(19)18-6-4-16(5-7-18)34-24(37)32-14-26(29,30)31/h3-7,10-11,17,19-20H,8-9,12-14H2,1-2H3,(H,33,36)(H2,32,34,37)/t17-,19+,20-. The van der Waals surface area contributed by atoms with Gasteiger partial charge >= 0.3 is 12.2 Å². The fourth-order valence-corrected chi connectivity index (χ4v) is 5.47. The van der Waals surface area contributed by atoms with E-state index in [4.69, 9.17) is 27.9 Å². The minimum Gasteiger partial charge on any atom is -0.476 e. The molecular formula is C26H29Cl2F3N4O3. The lowest BCUT2D eigenvalue weighted by Crippen LogP contribution is -2.55. The molecule has 206 valence electrons. The Labute approximate surface area is 229 Å². The number of hydrogen-bond acceptors (Lipinski definition) is 4. The van der Waals surface area contributed by atoms with Gasteiger partial charge in [0.2, 0.25) is 0 Å². The smallest absolute Gasteiger partial charge is 0.405 e. The molecule has 0 unspecified atom stereocenters. The van der Waals surface area contributed by atoms with Crippen molar-refractivity contribution in [2.75, 3.05) is 16.8 Å². The first-order valence-corrected chi connectivity index (χ1v) is 13.0. The predicted octanol–water partition coefficient (Wildman–Crippen LogP) is 6.15. The molecule has 4 rings (SSSR count). The Morgan fingerprint density at radius 1 is 1.03 bits per heavy atom. The summed E-state index contributed by atoms with van der Waals surface area (Å²) >= 11 is 12.2. The van der Waals surface area contributed by atoms with Crippen LogP contribution in [0.3, 0.4) is 0 Å². The average molecular weight is 573 g/mol. The number of fused-ring (bicyclic) bond motifs is 2. The van der Waals surface area contributed by atoms with Crippen molar-refractivity contribution in [3.63, 3.8) is 0 Å². The highest BCUT2D eigenvalue weighted by atomic mass is 35.5. The number of ether oxygens (including phenoxy) is 1. The van der Waals surface area contributed by atoms with E-state index in [0.29, 0.717) is 21.5 Å². The molecule has 38 heavy (non-hydrogen) atoms. The summed E-state index contributed by atoms with van der Waals surface area (Å²) in [5.74, 6) is 0.141. The zero-order valence-corrected chi connectivity index (χ0v) is 22.4. The lowest BCUT2D eigenvalue weighted by atomic mass is 9.95. The van der Waals surface area contributed by atoms with Crippen molar-refractivity contribution < 1.29 is 27.5 Å². The number of halogens is 5. The Kier molecular flexibility index (Phi) is 8.23. The molecule has 2 aliphatic rings. The van der Waals surface area contributed by atoms with Crippen LogP contribution >= 0.6 is 23.2 Å². The molecule has 0 saturated carbocycles. The summed E-state index contributed by atoms with van der Waals surface area (Å²) in [6.07, 6.45) is -0.979. The van der Waals surface area contributed by atoms with Crippen LogP contribution < -0.4 is 25.6 Å². The molecule has 0 spiro atoms. The van der Waals surface area contributed by atoms with Crippen molar-refractivity contribution in [2.45, 2.75) is 69.4 Å². The SMILES string of the molecule is CC(C)(Oc1ccc(Cl)cc1Cl)C(=O)N[C@H]1C[C@H]2CC[C@@H](C1)N2c1ccc(NC(=O)NCC(F)(F)F)cc1. The van der Waals surface area contributed by atoms with Crippen LogP contribution in [0.4, 0.5) is 29.3 Å². The summed E-state index contributed by atoms with van der Waals surface area (Å²) < 4.78 is 42.8. The Hall–Kier alpha value is -2.85. The molecule has 2 aromatic carbocycles. The first-order chi connectivity index (χ1) is 17.8. The number of urea groups is 1. The summed E-state index contributed by atoms with van der Waals surface area (Å²) in [6.45, 7) is 1.98. The van der Waals surface area contributed by atoms with E-state index in [1.165, 1.54) is 0 Å². The largest absolute Gasteiger partial charge is 0.476 e. The Balaban J connectivity index is 1.33. The molecule has 3 atom stereocenters. The van der Waals surface area contributed by atoms with Gasteiger partial charge in [-0.3, -0.25) is 4.79 Å². The van der Waals surface area contributed by atoms with Crippen molar-refractivity contribution in [3.8, 4) is 5.75 Å². The normalized spacial score (nSPS) is 21.1. The Morgan fingerprint density at radius 2 is 1.66 bits per heavy atom. The second-order valence-electron chi connectivity index (χ2n) is 10.1. The molecule has 0 radical (unpaired) electrons. The van der Waals surface area contributed by atoms with Crippen LogP contribution in [0.1, 0.15) is 39.5 Å². The monoisotopic (exact) mass is 572 g/mol. The fraction of sp³-hybridized carbons (Fsp3) is 0.462. The van der Waals surface area contributed by atoms with Crippen LogP contribution in [-0.4, -0.2) is 48.4 Å².